The lowest BCUT2D eigenvalue weighted by Gasteiger charge is -2.09. The van der Waals surface area contributed by atoms with Crippen molar-refractivity contribution in [3.8, 4) is 0 Å². The third kappa shape index (κ3) is 4.29. The molecule has 0 amide bonds. The van der Waals surface area contributed by atoms with Gasteiger partial charge in [-0.05, 0) is 30.2 Å². The number of aromatic nitrogens is 2. The van der Waals surface area contributed by atoms with Crippen LogP contribution in [0.5, 0.6) is 0 Å². The Bertz CT molecular complexity index is 938. The zero-order chi connectivity index (χ0) is 18.5. The molecule has 0 spiro atoms. The summed E-state index contributed by atoms with van der Waals surface area (Å²) >= 11 is 1.59. The Morgan fingerprint density at radius 3 is 2.73 bits per heavy atom. The minimum absolute atomic E-state index is 0.0957. The predicted molar refractivity (Wildman–Crippen MR) is 99.9 cm³/mol. The highest BCUT2D eigenvalue weighted by Gasteiger charge is 2.12. The third-order valence-electron chi connectivity index (χ3n) is 3.94. The number of thiophene rings is 1. The molecule has 1 N–H and O–H groups in total. The second-order valence-electron chi connectivity index (χ2n) is 5.84. The molecule has 2 aromatic heterocycles. The number of benzene rings is 1. The fourth-order valence-corrected chi connectivity index (χ4v) is 3.50. The van der Waals surface area contributed by atoms with E-state index in [9.17, 15) is 14.0 Å². The van der Waals surface area contributed by atoms with Gasteiger partial charge >= 0.3 is 0 Å². The maximum Gasteiger partial charge on any atom is 0.195 e. The molecule has 7 heteroatoms. The number of aldehydes is 1. The van der Waals surface area contributed by atoms with Crippen molar-refractivity contribution in [3.63, 3.8) is 0 Å². The van der Waals surface area contributed by atoms with Crippen LogP contribution in [0.1, 0.15) is 29.6 Å². The number of rotatable bonds is 8. The van der Waals surface area contributed by atoms with Crippen LogP contribution in [-0.2, 0) is 29.0 Å². The molecular formula is C19H18FN3O2S. The fraction of sp³-hybridized carbons (Fsp3) is 0.263. The second-order valence-corrected chi connectivity index (χ2v) is 6.95. The Balaban J connectivity index is 1.87. The van der Waals surface area contributed by atoms with E-state index in [-0.39, 0.29) is 12.2 Å². The first-order valence-corrected chi connectivity index (χ1v) is 9.16. The largest absolute Gasteiger partial charge is 0.365 e. The third-order valence-corrected chi connectivity index (χ3v) is 5.11. The molecular weight excluding hydrogens is 353 g/mol. The summed E-state index contributed by atoms with van der Waals surface area (Å²) in [6.07, 6.45) is 1.64. The normalized spacial score (nSPS) is 10.8. The van der Waals surface area contributed by atoms with Crippen molar-refractivity contribution in [3.05, 3.63) is 52.4 Å². The number of carbonyl (C=O) groups is 2. The lowest BCUT2D eigenvalue weighted by atomic mass is 10.2. The Labute approximate surface area is 154 Å². The number of Topliss-reactive ketones (excluding diaryl/α,β-unsaturated/α-hetero) is 1. The summed E-state index contributed by atoms with van der Waals surface area (Å²) in [5.74, 6) is 0.475. The monoisotopic (exact) mass is 371 g/mol. The van der Waals surface area contributed by atoms with Crippen LogP contribution < -0.4 is 5.32 Å². The number of halogens is 1. The van der Waals surface area contributed by atoms with Crippen LogP contribution in [0, 0.1) is 5.82 Å². The lowest BCUT2D eigenvalue weighted by Crippen LogP contribution is -2.07. The average Bonchev–Trinajstić information content (AvgIpc) is 3.08. The summed E-state index contributed by atoms with van der Waals surface area (Å²) in [4.78, 5) is 32.9. The maximum absolute atomic E-state index is 13.0. The topological polar surface area (TPSA) is 72.0 Å². The lowest BCUT2D eigenvalue weighted by molar-refractivity contribution is -0.129. The van der Waals surface area contributed by atoms with Crippen molar-refractivity contribution in [2.24, 2.45) is 0 Å². The molecule has 0 aliphatic heterocycles. The van der Waals surface area contributed by atoms with E-state index in [1.54, 1.807) is 23.5 Å². The number of ketones is 1. The molecule has 0 atom stereocenters. The SMILES string of the molecule is CCc1cc2c(NCc3ccc(F)cc3)nc(CCC(=O)C=O)nc2s1. The van der Waals surface area contributed by atoms with Gasteiger partial charge in [-0.25, -0.2) is 14.4 Å². The minimum atomic E-state index is -0.463. The molecule has 26 heavy (non-hydrogen) atoms. The summed E-state index contributed by atoms with van der Waals surface area (Å²) in [7, 11) is 0. The van der Waals surface area contributed by atoms with Gasteiger partial charge in [0.2, 0.25) is 0 Å². The molecule has 3 aromatic rings. The van der Waals surface area contributed by atoms with Gasteiger partial charge < -0.3 is 5.32 Å². The van der Waals surface area contributed by atoms with Crippen LogP contribution in [-0.4, -0.2) is 22.0 Å². The number of aryl methyl sites for hydroxylation is 2. The Morgan fingerprint density at radius 1 is 1.27 bits per heavy atom. The summed E-state index contributed by atoms with van der Waals surface area (Å²) in [6, 6.07) is 8.34. The van der Waals surface area contributed by atoms with Crippen LogP contribution in [0.15, 0.2) is 30.3 Å². The van der Waals surface area contributed by atoms with E-state index >= 15 is 0 Å². The molecule has 0 saturated carbocycles. The van der Waals surface area contributed by atoms with E-state index in [4.69, 9.17) is 0 Å². The molecule has 0 aliphatic carbocycles. The van der Waals surface area contributed by atoms with Crippen LogP contribution in [0.3, 0.4) is 0 Å². The van der Waals surface area contributed by atoms with Gasteiger partial charge in [0.05, 0.1) is 5.39 Å². The van der Waals surface area contributed by atoms with E-state index in [0.717, 1.165) is 22.2 Å². The van der Waals surface area contributed by atoms with Crippen LogP contribution in [0.25, 0.3) is 10.2 Å². The molecule has 134 valence electrons. The van der Waals surface area contributed by atoms with Gasteiger partial charge in [0.1, 0.15) is 22.3 Å². The molecule has 5 nitrogen and oxygen atoms in total. The molecule has 0 radical (unpaired) electrons. The predicted octanol–water partition coefficient (Wildman–Crippen LogP) is 3.71. The zero-order valence-electron chi connectivity index (χ0n) is 14.3. The van der Waals surface area contributed by atoms with Crippen molar-refractivity contribution in [1.29, 1.82) is 0 Å². The number of carbonyl (C=O) groups excluding carboxylic acids is 2. The number of fused-ring (bicyclic) bond motifs is 1. The first kappa shape index (κ1) is 18.1. The van der Waals surface area contributed by atoms with Gasteiger partial charge in [-0.15, -0.1) is 11.3 Å². The smallest absolute Gasteiger partial charge is 0.195 e. The van der Waals surface area contributed by atoms with E-state index in [2.05, 4.69) is 28.3 Å². The molecule has 1 aromatic carbocycles. The Hall–Kier alpha value is -2.67. The van der Waals surface area contributed by atoms with Crippen molar-refractivity contribution in [1.82, 2.24) is 9.97 Å². The molecule has 2 heterocycles. The van der Waals surface area contributed by atoms with Crippen LogP contribution in [0.2, 0.25) is 0 Å². The Kier molecular flexibility index (Phi) is 5.68. The second kappa shape index (κ2) is 8.14. The van der Waals surface area contributed by atoms with Crippen molar-refractivity contribution >= 4 is 39.4 Å². The van der Waals surface area contributed by atoms with E-state index in [1.165, 1.54) is 17.0 Å². The quantitative estimate of drug-likeness (QED) is 0.483. The van der Waals surface area contributed by atoms with Gasteiger partial charge in [0.25, 0.3) is 0 Å². The standard InChI is InChI=1S/C19H18FN3O2S/c1-2-15-9-16-18(21-10-12-3-5-13(20)6-4-12)22-17(23-19(16)26-15)8-7-14(25)11-24/h3-6,9,11H,2,7-8,10H2,1H3,(H,21,22,23). The molecule has 0 aliphatic rings. The van der Waals surface area contributed by atoms with Gasteiger partial charge in [0, 0.05) is 24.3 Å². The van der Waals surface area contributed by atoms with Crippen LogP contribution >= 0.6 is 11.3 Å². The number of nitrogens with one attached hydrogen (secondary N) is 1. The van der Waals surface area contributed by atoms with Crippen molar-refractivity contribution in [2.75, 3.05) is 5.32 Å². The van der Waals surface area contributed by atoms with Crippen LogP contribution in [0.4, 0.5) is 10.2 Å². The molecule has 0 unspecified atom stereocenters. The zero-order valence-corrected chi connectivity index (χ0v) is 15.1. The number of anilines is 1. The van der Waals surface area contributed by atoms with E-state index in [0.29, 0.717) is 30.9 Å². The first-order chi connectivity index (χ1) is 12.6. The summed E-state index contributed by atoms with van der Waals surface area (Å²) < 4.78 is 13.0. The molecule has 0 bridgehead atoms. The average molecular weight is 371 g/mol. The first-order valence-electron chi connectivity index (χ1n) is 8.34. The minimum Gasteiger partial charge on any atom is -0.365 e. The van der Waals surface area contributed by atoms with E-state index < -0.39 is 5.78 Å². The van der Waals surface area contributed by atoms with Gasteiger partial charge in [0.15, 0.2) is 12.1 Å². The highest BCUT2D eigenvalue weighted by molar-refractivity contribution is 7.18. The highest BCUT2D eigenvalue weighted by atomic mass is 32.1. The van der Waals surface area contributed by atoms with E-state index in [1.807, 2.05) is 0 Å². The number of hydrogen-bond donors (Lipinski definition) is 1. The Morgan fingerprint density at radius 2 is 2.04 bits per heavy atom. The fourth-order valence-electron chi connectivity index (χ4n) is 2.52. The van der Waals surface area contributed by atoms with Gasteiger partial charge in [-0.3, -0.25) is 9.59 Å². The van der Waals surface area contributed by atoms with Crippen molar-refractivity contribution in [2.45, 2.75) is 32.7 Å². The summed E-state index contributed by atoms with van der Waals surface area (Å²) in [6.45, 7) is 2.57. The van der Waals surface area contributed by atoms with Crippen molar-refractivity contribution < 1.29 is 14.0 Å². The summed E-state index contributed by atoms with van der Waals surface area (Å²) in [5, 5.41) is 4.21. The number of hydrogen-bond acceptors (Lipinski definition) is 6. The summed E-state index contributed by atoms with van der Waals surface area (Å²) in [5.41, 5.74) is 0.932. The maximum atomic E-state index is 13.0. The molecule has 0 fully saturated rings. The van der Waals surface area contributed by atoms with Gasteiger partial charge in [-0.2, -0.15) is 0 Å². The molecule has 3 rings (SSSR count). The number of nitrogens with zero attached hydrogens (tertiary/aromatic N) is 2. The highest BCUT2D eigenvalue weighted by Crippen LogP contribution is 2.30. The molecule has 0 saturated heterocycles. The van der Waals surface area contributed by atoms with Gasteiger partial charge in [-0.1, -0.05) is 19.1 Å².